The summed E-state index contributed by atoms with van der Waals surface area (Å²) >= 11 is 0. The van der Waals surface area contributed by atoms with Gasteiger partial charge in [-0.2, -0.15) is 0 Å². The summed E-state index contributed by atoms with van der Waals surface area (Å²) in [5.74, 6) is -0.803. The molecule has 0 aromatic heterocycles. The highest BCUT2D eigenvalue weighted by molar-refractivity contribution is 7.91. The van der Waals surface area contributed by atoms with Crippen LogP contribution in [0.2, 0.25) is 0 Å². The van der Waals surface area contributed by atoms with E-state index in [2.05, 4.69) is 5.32 Å². The molecule has 1 fully saturated rings. The average molecular weight is 338 g/mol. The Morgan fingerprint density at radius 1 is 1.26 bits per heavy atom. The predicted molar refractivity (Wildman–Crippen MR) is 86.7 cm³/mol. The third kappa shape index (κ3) is 3.72. The number of hydrogen-bond donors (Lipinski definition) is 1. The number of sulfone groups is 1. The fourth-order valence-corrected chi connectivity index (χ4v) is 3.79. The van der Waals surface area contributed by atoms with E-state index < -0.39 is 15.4 Å². The van der Waals surface area contributed by atoms with E-state index >= 15 is 0 Å². The number of nitrogens with zero attached hydrogens (tertiary/aromatic N) is 1. The molecule has 2 rings (SSSR count). The Balaban J connectivity index is 2.06. The molecule has 0 atom stereocenters. The second-order valence-electron chi connectivity index (χ2n) is 6.24. The van der Waals surface area contributed by atoms with Crippen LogP contribution in [-0.4, -0.2) is 49.5 Å². The van der Waals surface area contributed by atoms with E-state index in [1.54, 1.807) is 38.1 Å². The van der Waals surface area contributed by atoms with Gasteiger partial charge in [-0.1, -0.05) is 17.7 Å². The lowest BCUT2D eigenvalue weighted by atomic mass is 9.98. The number of carbonyl (C=O) groups is 2. The van der Waals surface area contributed by atoms with E-state index in [-0.39, 0.29) is 28.9 Å². The van der Waals surface area contributed by atoms with Gasteiger partial charge in [0.1, 0.15) is 5.54 Å². The van der Waals surface area contributed by atoms with Crippen LogP contribution < -0.4 is 5.32 Å². The third-order valence-corrected chi connectivity index (χ3v) is 5.85. The van der Waals surface area contributed by atoms with Crippen LogP contribution in [-0.2, 0) is 19.4 Å². The normalized spacial score (nSPS) is 17.7. The van der Waals surface area contributed by atoms with Crippen LogP contribution in [0.25, 0.3) is 0 Å². The van der Waals surface area contributed by atoms with E-state index in [1.165, 1.54) is 4.90 Å². The van der Waals surface area contributed by atoms with Crippen molar-refractivity contribution >= 4 is 21.7 Å². The lowest BCUT2D eigenvalue weighted by molar-refractivity contribution is -0.148. The Morgan fingerprint density at radius 2 is 1.87 bits per heavy atom. The van der Waals surface area contributed by atoms with Crippen LogP contribution in [0.4, 0.5) is 0 Å². The molecule has 0 radical (unpaired) electrons. The topological polar surface area (TPSA) is 83.6 Å². The van der Waals surface area contributed by atoms with Crippen LogP contribution in [0.5, 0.6) is 0 Å². The van der Waals surface area contributed by atoms with Crippen LogP contribution in [0.3, 0.4) is 0 Å². The van der Waals surface area contributed by atoms with Crippen molar-refractivity contribution in [3.63, 3.8) is 0 Å². The van der Waals surface area contributed by atoms with Crippen molar-refractivity contribution in [1.82, 2.24) is 10.2 Å². The quantitative estimate of drug-likeness (QED) is 0.884. The second kappa shape index (κ2) is 6.31. The number of nitrogens with one attached hydrogen (secondary N) is 1. The molecule has 1 heterocycles. The Hall–Kier alpha value is -1.89. The molecule has 2 amide bonds. The molecule has 1 N–H and O–H groups in total. The van der Waals surface area contributed by atoms with Crippen molar-refractivity contribution in [1.29, 1.82) is 0 Å². The summed E-state index contributed by atoms with van der Waals surface area (Å²) in [4.78, 5) is 25.9. The van der Waals surface area contributed by atoms with Gasteiger partial charge in [0.15, 0.2) is 9.84 Å². The number of benzene rings is 1. The molecule has 0 saturated carbocycles. The molecule has 1 aliphatic rings. The lowest BCUT2D eigenvalue weighted by Crippen LogP contribution is -2.63. The summed E-state index contributed by atoms with van der Waals surface area (Å²) in [6.07, 6.45) is -0.132. The molecule has 7 heteroatoms. The van der Waals surface area contributed by atoms with Crippen molar-refractivity contribution in [2.75, 3.05) is 18.8 Å². The Morgan fingerprint density at radius 3 is 2.48 bits per heavy atom. The fraction of sp³-hybridized carbons (Fsp3) is 0.500. The van der Waals surface area contributed by atoms with Crippen molar-refractivity contribution in [3.05, 3.63) is 29.8 Å². The van der Waals surface area contributed by atoms with Crippen LogP contribution in [0.1, 0.15) is 25.8 Å². The van der Waals surface area contributed by atoms with E-state index in [0.29, 0.717) is 13.1 Å². The molecule has 1 aromatic rings. The van der Waals surface area contributed by atoms with E-state index in [9.17, 15) is 18.0 Å². The summed E-state index contributed by atoms with van der Waals surface area (Å²) in [6.45, 7) is 5.98. The first-order valence-electron chi connectivity index (χ1n) is 7.53. The summed E-state index contributed by atoms with van der Waals surface area (Å²) < 4.78 is 24.6. The monoisotopic (exact) mass is 338 g/mol. The first kappa shape index (κ1) is 17.5. The number of rotatable bonds is 4. The van der Waals surface area contributed by atoms with Crippen LogP contribution in [0, 0.1) is 6.92 Å². The molecule has 1 saturated heterocycles. The molecule has 0 aliphatic carbocycles. The molecule has 0 spiro atoms. The van der Waals surface area contributed by atoms with E-state index in [1.807, 2.05) is 6.92 Å². The smallest absolute Gasteiger partial charge is 0.245 e. The Kier molecular flexibility index (Phi) is 4.79. The highest BCUT2D eigenvalue weighted by atomic mass is 32.2. The van der Waals surface area contributed by atoms with Gasteiger partial charge in [0.05, 0.1) is 10.6 Å². The number of amides is 2. The van der Waals surface area contributed by atoms with Gasteiger partial charge in [-0.25, -0.2) is 8.42 Å². The zero-order chi connectivity index (χ0) is 17.3. The minimum atomic E-state index is -3.51. The maximum atomic E-state index is 12.4. The van der Waals surface area contributed by atoms with Crippen LogP contribution in [0.15, 0.2) is 29.2 Å². The fourth-order valence-electron chi connectivity index (χ4n) is 2.56. The van der Waals surface area contributed by atoms with Gasteiger partial charge in [0.2, 0.25) is 11.8 Å². The highest BCUT2D eigenvalue weighted by Crippen LogP contribution is 2.20. The van der Waals surface area contributed by atoms with Gasteiger partial charge in [0.25, 0.3) is 0 Å². The Bertz CT molecular complexity index is 708. The maximum Gasteiger partial charge on any atom is 0.245 e. The second-order valence-corrected chi connectivity index (χ2v) is 8.35. The zero-order valence-electron chi connectivity index (χ0n) is 13.6. The molecule has 1 aromatic carbocycles. The maximum absolute atomic E-state index is 12.4. The summed E-state index contributed by atoms with van der Waals surface area (Å²) in [5, 5.41) is 2.71. The largest absolute Gasteiger partial charge is 0.352 e. The molecule has 126 valence electrons. The van der Waals surface area contributed by atoms with Gasteiger partial charge in [-0.05, 0) is 32.9 Å². The van der Waals surface area contributed by atoms with Crippen molar-refractivity contribution in [2.45, 2.75) is 37.6 Å². The molecular formula is C16H22N2O4S. The number of hydrogen-bond acceptors (Lipinski definition) is 4. The zero-order valence-corrected chi connectivity index (χ0v) is 14.4. The summed E-state index contributed by atoms with van der Waals surface area (Å²) in [7, 11) is -3.51. The average Bonchev–Trinajstić information content (AvgIpc) is 2.48. The molecule has 6 nitrogen and oxygen atoms in total. The number of aryl methyl sites for hydroxylation is 1. The number of carbonyl (C=O) groups excluding carboxylic acids is 2. The number of piperazine rings is 1. The van der Waals surface area contributed by atoms with Gasteiger partial charge in [-0.3, -0.25) is 9.59 Å². The lowest BCUT2D eigenvalue weighted by Gasteiger charge is -2.41. The van der Waals surface area contributed by atoms with Gasteiger partial charge in [0, 0.05) is 19.5 Å². The third-order valence-electron chi connectivity index (χ3n) is 4.12. The summed E-state index contributed by atoms with van der Waals surface area (Å²) in [6, 6.07) is 6.56. The molecule has 1 aliphatic heterocycles. The Labute approximate surface area is 136 Å². The highest BCUT2D eigenvalue weighted by Gasteiger charge is 2.40. The minimum absolute atomic E-state index is 0.132. The van der Waals surface area contributed by atoms with Gasteiger partial charge in [-0.15, -0.1) is 0 Å². The van der Waals surface area contributed by atoms with Gasteiger partial charge < -0.3 is 10.2 Å². The van der Waals surface area contributed by atoms with Crippen molar-refractivity contribution in [3.8, 4) is 0 Å². The van der Waals surface area contributed by atoms with E-state index in [0.717, 1.165) is 5.56 Å². The van der Waals surface area contributed by atoms with E-state index in [4.69, 9.17) is 0 Å². The summed E-state index contributed by atoms with van der Waals surface area (Å²) in [5.41, 5.74) is 0.0178. The predicted octanol–water partition coefficient (Wildman–Crippen LogP) is 0.896. The van der Waals surface area contributed by atoms with Crippen molar-refractivity contribution in [2.24, 2.45) is 0 Å². The molecule has 0 bridgehead atoms. The molecule has 0 unspecified atom stereocenters. The van der Waals surface area contributed by atoms with Gasteiger partial charge >= 0.3 is 0 Å². The minimum Gasteiger partial charge on any atom is -0.352 e. The van der Waals surface area contributed by atoms with Crippen molar-refractivity contribution < 1.29 is 18.0 Å². The standard InChI is InChI=1S/C16H22N2O4S/c1-12-4-6-13(7-5-12)23(21,22)11-8-14(19)18-10-9-17-15(20)16(18,2)3/h4-7H,8-11H2,1-3H3,(H,17,20). The SMILES string of the molecule is Cc1ccc(S(=O)(=O)CCC(=O)N2CCNC(=O)C2(C)C)cc1. The molecular weight excluding hydrogens is 316 g/mol. The first-order chi connectivity index (χ1) is 10.6. The molecule has 23 heavy (non-hydrogen) atoms. The first-order valence-corrected chi connectivity index (χ1v) is 9.18. The van der Waals surface area contributed by atoms with Crippen LogP contribution >= 0.6 is 0 Å².